The summed E-state index contributed by atoms with van der Waals surface area (Å²) in [6, 6.07) is 12.7. The largest absolute Gasteiger partial charge is 0.480 e. The van der Waals surface area contributed by atoms with E-state index < -0.39 is 34.0 Å². The molecule has 4 N–H and O–H groups in total. The predicted octanol–water partition coefficient (Wildman–Crippen LogP) is 1.00. The molecule has 13 heteroatoms. The number of ketones is 1. The highest BCUT2D eigenvalue weighted by molar-refractivity contribution is 8.00. The molecule has 0 aliphatic carbocycles. The Kier molecular flexibility index (Phi) is 10.2. The third kappa shape index (κ3) is 7.83. The number of guanidine groups is 1. The number of nitrogens with one attached hydrogen (secondary N) is 3. The normalized spacial score (nSPS) is 18.0. The molecule has 0 aromatic heterocycles. The van der Waals surface area contributed by atoms with Crippen LogP contribution in [-0.2, 0) is 37.2 Å². The van der Waals surface area contributed by atoms with E-state index in [9.17, 15) is 27.9 Å². The van der Waals surface area contributed by atoms with Crippen molar-refractivity contribution in [2.45, 2.75) is 42.7 Å². The molecule has 0 spiro atoms. The number of sulfonamides is 1. The molecule has 0 saturated carbocycles. The fourth-order valence-corrected chi connectivity index (χ4v) is 7.59. The zero-order valence-electron chi connectivity index (χ0n) is 21.9. The number of amides is 1. The molecule has 214 valence electrons. The van der Waals surface area contributed by atoms with E-state index in [0.29, 0.717) is 24.9 Å². The van der Waals surface area contributed by atoms with Gasteiger partial charge in [0.2, 0.25) is 15.9 Å². The number of carbonyl (C=O) groups excluding carboxylic acids is 2. The minimum atomic E-state index is -3.91. The second-order valence-corrected chi connectivity index (χ2v) is 12.4. The van der Waals surface area contributed by atoms with Crippen molar-refractivity contribution >= 4 is 45.4 Å². The summed E-state index contributed by atoms with van der Waals surface area (Å²) in [5, 5.41) is 18.6. The number of carboxylic acid groups (broad SMARTS) is 1. The Balaban J connectivity index is 1.29. The molecule has 0 bridgehead atoms. The Bertz CT molecular complexity index is 1330. The molecule has 2 aromatic rings. The lowest BCUT2D eigenvalue weighted by atomic mass is 10.0. The van der Waals surface area contributed by atoms with Crippen molar-refractivity contribution in [3.63, 3.8) is 0 Å². The molecule has 2 aromatic carbocycles. The molecule has 0 radical (unpaired) electrons. The molecular formula is C27H33N5O6S2. The zero-order valence-corrected chi connectivity index (χ0v) is 23.5. The van der Waals surface area contributed by atoms with Gasteiger partial charge >= 0.3 is 5.97 Å². The van der Waals surface area contributed by atoms with Crippen LogP contribution in [0.1, 0.15) is 24.0 Å². The van der Waals surface area contributed by atoms with Crippen LogP contribution >= 0.6 is 11.8 Å². The Morgan fingerprint density at radius 3 is 2.50 bits per heavy atom. The summed E-state index contributed by atoms with van der Waals surface area (Å²) in [6.07, 6.45) is 1.43. The van der Waals surface area contributed by atoms with Crippen LogP contribution in [0.2, 0.25) is 0 Å². The van der Waals surface area contributed by atoms with Crippen molar-refractivity contribution in [3.8, 4) is 0 Å². The van der Waals surface area contributed by atoms with Gasteiger partial charge in [0.25, 0.3) is 0 Å². The molecule has 1 amide bonds. The van der Waals surface area contributed by atoms with E-state index in [1.807, 2.05) is 0 Å². The van der Waals surface area contributed by atoms with Crippen molar-refractivity contribution in [2.24, 2.45) is 4.99 Å². The van der Waals surface area contributed by atoms with Crippen LogP contribution < -0.4 is 16.0 Å². The van der Waals surface area contributed by atoms with Gasteiger partial charge in [-0.3, -0.25) is 14.6 Å². The van der Waals surface area contributed by atoms with Crippen LogP contribution in [0.15, 0.2) is 64.5 Å². The van der Waals surface area contributed by atoms with Crippen molar-refractivity contribution < 1.29 is 27.9 Å². The number of aliphatic imine (C=N–C) groups is 1. The highest BCUT2D eigenvalue weighted by atomic mass is 32.2. The van der Waals surface area contributed by atoms with Crippen LogP contribution in [0.4, 0.5) is 0 Å². The third-order valence-electron chi connectivity index (χ3n) is 6.57. The summed E-state index contributed by atoms with van der Waals surface area (Å²) in [5.74, 6) is -0.649. The monoisotopic (exact) mass is 587 g/mol. The zero-order chi connectivity index (χ0) is 28.5. The van der Waals surface area contributed by atoms with Gasteiger partial charge in [-0.1, -0.05) is 42.5 Å². The van der Waals surface area contributed by atoms with E-state index in [1.54, 1.807) is 42.5 Å². The Hall–Kier alpha value is -3.42. The lowest BCUT2D eigenvalue weighted by molar-refractivity contribution is -0.142. The molecule has 1 fully saturated rings. The number of rotatable bonds is 13. The van der Waals surface area contributed by atoms with Gasteiger partial charge in [0.05, 0.1) is 17.3 Å². The summed E-state index contributed by atoms with van der Waals surface area (Å²) in [5.41, 5.74) is 1.50. The van der Waals surface area contributed by atoms with E-state index in [1.165, 1.54) is 23.9 Å². The molecule has 1 saturated heterocycles. The molecule has 11 nitrogen and oxygen atoms in total. The second kappa shape index (κ2) is 13.8. The third-order valence-corrected chi connectivity index (χ3v) is 9.62. The topological polar surface area (TPSA) is 157 Å². The SMILES string of the molecule is O=C(CCCNC1=NCCN1)Cc1ccc(CC(NC(=O)[C@@H]2CSCN2S(=O)(=O)c2ccccc2)C(=O)O)cc1. The average Bonchev–Trinajstić information content (AvgIpc) is 3.65. The van der Waals surface area contributed by atoms with Crippen molar-refractivity contribution in [3.05, 3.63) is 65.7 Å². The minimum Gasteiger partial charge on any atom is -0.480 e. The number of thioether (sulfide) groups is 1. The van der Waals surface area contributed by atoms with Crippen LogP contribution in [-0.4, -0.2) is 84.8 Å². The molecule has 2 aliphatic heterocycles. The highest BCUT2D eigenvalue weighted by Crippen LogP contribution is 2.28. The highest BCUT2D eigenvalue weighted by Gasteiger charge is 2.41. The van der Waals surface area contributed by atoms with Gasteiger partial charge in [-0.25, -0.2) is 13.2 Å². The molecule has 2 aliphatic rings. The van der Waals surface area contributed by atoms with E-state index in [2.05, 4.69) is 20.9 Å². The van der Waals surface area contributed by atoms with Crippen LogP contribution in [0, 0.1) is 0 Å². The molecule has 1 unspecified atom stereocenters. The van der Waals surface area contributed by atoms with Gasteiger partial charge in [-0.05, 0) is 29.7 Å². The van der Waals surface area contributed by atoms with Gasteiger partial charge in [-0.15, -0.1) is 11.8 Å². The number of aliphatic carboxylic acids is 1. The molecular weight excluding hydrogens is 554 g/mol. The standard InChI is InChI=1S/C27H33N5O6S2/c33-21(5-4-12-28-27-29-13-14-30-27)15-19-8-10-20(11-9-19)16-23(26(35)36)31-25(34)24-17-39-18-32(24)40(37,38)22-6-2-1-3-7-22/h1-3,6-11,23-24H,4-5,12-18H2,(H,31,34)(H,35,36)(H2,28,29,30)/t23?,24-/m0/s1. The van der Waals surface area contributed by atoms with Gasteiger partial charge in [0.15, 0.2) is 5.96 Å². The van der Waals surface area contributed by atoms with Gasteiger partial charge in [-0.2, -0.15) is 4.31 Å². The minimum absolute atomic E-state index is 0.0180. The first kappa shape index (κ1) is 29.6. The quantitative estimate of drug-likeness (QED) is 0.251. The van der Waals surface area contributed by atoms with Crippen LogP contribution in [0.5, 0.6) is 0 Å². The maximum absolute atomic E-state index is 13.1. The molecule has 4 rings (SSSR count). The Labute approximate surface area is 237 Å². The predicted molar refractivity (Wildman–Crippen MR) is 153 cm³/mol. The van der Waals surface area contributed by atoms with Crippen LogP contribution in [0.3, 0.4) is 0 Å². The van der Waals surface area contributed by atoms with Crippen molar-refractivity contribution in [1.29, 1.82) is 0 Å². The first-order chi connectivity index (χ1) is 19.2. The van der Waals surface area contributed by atoms with Crippen molar-refractivity contribution in [2.75, 3.05) is 31.3 Å². The number of hydrogen-bond donors (Lipinski definition) is 4. The van der Waals surface area contributed by atoms with E-state index in [0.717, 1.165) is 28.9 Å². The fourth-order valence-electron chi connectivity index (χ4n) is 4.42. The van der Waals surface area contributed by atoms with Crippen molar-refractivity contribution in [1.82, 2.24) is 20.3 Å². The van der Waals surface area contributed by atoms with Gasteiger partial charge in [0, 0.05) is 38.1 Å². The van der Waals surface area contributed by atoms with Gasteiger partial charge in [0.1, 0.15) is 17.9 Å². The number of carboxylic acids is 1. The summed E-state index contributed by atoms with van der Waals surface area (Å²) in [6.45, 7) is 2.25. The molecule has 40 heavy (non-hydrogen) atoms. The average molecular weight is 588 g/mol. The number of Topliss-reactive ketones (excluding diaryl/α,β-unsaturated/α-hetero) is 1. The number of benzene rings is 2. The fraction of sp³-hybridized carbons (Fsp3) is 0.407. The van der Waals surface area contributed by atoms with Crippen LogP contribution in [0.25, 0.3) is 0 Å². The molecule has 2 atom stereocenters. The second-order valence-electron chi connectivity index (χ2n) is 9.54. The van der Waals surface area contributed by atoms with E-state index in [4.69, 9.17) is 0 Å². The maximum Gasteiger partial charge on any atom is 0.326 e. The lowest BCUT2D eigenvalue weighted by Gasteiger charge is -2.24. The Morgan fingerprint density at radius 1 is 1.10 bits per heavy atom. The first-order valence-corrected chi connectivity index (χ1v) is 15.6. The van der Waals surface area contributed by atoms with Gasteiger partial charge < -0.3 is 21.1 Å². The number of carbonyl (C=O) groups is 3. The molecule has 2 heterocycles. The summed E-state index contributed by atoms with van der Waals surface area (Å²) in [7, 11) is -3.91. The summed E-state index contributed by atoms with van der Waals surface area (Å²) in [4.78, 5) is 41.7. The number of hydrogen-bond acceptors (Lipinski definition) is 9. The van der Waals surface area contributed by atoms with E-state index >= 15 is 0 Å². The number of nitrogens with zero attached hydrogens (tertiary/aromatic N) is 2. The smallest absolute Gasteiger partial charge is 0.326 e. The summed E-state index contributed by atoms with van der Waals surface area (Å²) >= 11 is 1.30. The maximum atomic E-state index is 13.1. The summed E-state index contributed by atoms with van der Waals surface area (Å²) < 4.78 is 27.3. The first-order valence-electron chi connectivity index (χ1n) is 13.0. The Morgan fingerprint density at radius 2 is 1.82 bits per heavy atom. The lowest BCUT2D eigenvalue weighted by Crippen LogP contribution is -2.52. The van der Waals surface area contributed by atoms with E-state index in [-0.39, 0.29) is 35.2 Å².